The Hall–Kier alpha value is -3.74. The molecule has 1 aliphatic rings. The molecule has 1 saturated heterocycles. The van der Waals surface area contributed by atoms with Gasteiger partial charge in [0.15, 0.2) is 0 Å². The van der Waals surface area contributed by atoms with E-state index in [2.05, 4.69) is 5.10 Å². The molecule has 1 aromatic heterocycles. The summed E-state index contributed by atoms with van der Waals surface area (Å²) in [4.78, 5) is 40.5. The Kier molecular flexibility index (Phi) is 5.93. The van der Waals surface area contributed by atoms with E-state index in [0.29, 0.717) is 29.9 Å². The van der Waals surface area contributed by atoms with E-state index in [1.165, 1.54) is 7.11 Å². The van der Waals surface area contributed by atoms with E-state index >= 15 is 0 Å². The smallest absolute Gasteiger partial charge is 0.344 e. The van der Waals surface area contributed by atoms with Gasteiger partial charge in [0.25, 0.3) is 5.56 Å². The summed E-state index contributed by atoms with van der Waals surface area (Å²) in [5, 5.41) is 4.56. The number of esters is 1. The van der Waals surface area contributed by atoms with Crippen molar-refractivity contribution in [3.05, 3.63) is 76.6 Å². The van der Waals surface area contributed by atoms with E-state index in [-0.39, 0.29) is 18.0 Å². The highest BCUT2D eigenvalue weighted by molar-refractivity contribution is 6.00. The van der Waals surface area contributed by atoms with Gasteiger partial charge in [0.1, 0.15) is 12.1 Å². The monoisotopic (exact) mass is 417 g/mol. The maximum Gasteiger partial charge on any atom is 0.344 e. The molecule has 158 valence electrons. The van der Waals surface area contributed by atoms with E-state index in [0.717, 1.165) is 23.1 Å². The number of ether oxygens (including phenoxy) is 1. The number of nitrogens with zero attached hydrogens (tertiary/aromatic N) is 3. The molecule has 1 amide bonds. The maximum atomic E-state index is 13.3. The molecule has 7 heteroatoms. The van der Waals surface area contributed by atoms with Crippen molar-refractivity contribution in [1.29, 1.82) is 0 Å². The average molecular weight is 417 g/mol. The minimum absolute atomic E-state index is 0.128. The average Bonchev–Trinajstić information content (AvgIpc) is 3.36. The van der Waals surface area contributed by atoms with Gasteiger partial charge in [-0.15, -0.1) is 0 Å². The van der Waals surface area contributed by atoms with Gasteiger partial charge in [-0.2, -0.15) is 5.10 Å². The Morgan fingerprint density at radius 1 is 0.935 bits per heavy atom. The van der Waals surface area contributed by atoms with Gasteiger partial charge < -0.3 is 9.64 Å². The Labute approximate surface area is 179 Å². The summed E-state index contributed by atoms with van der Waals surface area (Å²) >= 11 is 0. The van der Waals surface area contributed by atoms with Crippen LogP contribution in [0.3, 0.4) is 0 Å². The van der Waals surface area contributed by atoms with Gasteiger partial charge in [0, 0.05) is 24.2 Å². The number of carbonyl (C=O) groups excluding carboxylic acids is 2. The fraction of sp³-hybridized carbons (Fsp3) is 0.250. The number of amides is 1. The lowest BCUT2D eigenvalue weighted by Gasteiger charge is -2.19. The number of benzene rings is 2. The minimum atomic E-state index is -0.759. The predicted molar refractivity (Wildman–Crippen MR) is 117 cm³/mol. The second-order valence-corrected chi connectivity index (χ2v) is 7.37. The lowest BCUT2D eigenvalue weighted by molar-refractivity contribution is -0.131. The Bertz CT molecular complexity index is 1150. The molecular weight excluding hydrogens is 394 g/mol. The van der Waals surface area contributed by atoms with Gasteiger partial charge in [-0.1, -0.05) is 60.7 Å². The zero-order valence-electron chi connectivity index (χ0n) is 17.3. The molecule has 0 spiro atoms. The lowest BCUT2D eigenvalue weighted by atomic mass is 9.95. The molecule has 0 unspecified atom stereocenters. The van der Waals surface area contributed by atoms with E-state index in [1.807, 2.05) is 60.7 Å². The summed E-state index contributed by atoms with van der Waals surface area (Å²) in [6, 6.07) is 18.4. The molecule has 4 rings (SSSR count). The zero-order valence-corrected chi connectivity index (χ0v) is 17.3. The largest absolute Gasteiger partial charge is 0.465 e. The summed E-state index contributed by atoms with van der Waals surface area (Å²) in [6.45, 7) is 1.12. The van der Waals surface area contributed by atoms with Crippen LogP contribution in [0, 0.1) is 0 Å². The maximum absolute atomic E-state index is 13.3. The number of aromatic nitrogens is 2. The van der Waals surface area contributed by atoms with Crippen LogP contribution in [0.4, 0.5) is 0 Å². The summed E-state index contributed by atoms with van der Waals surface area (Å²) in [6.07, 6.45) is 1.90. The predicted octanol–water partition coefficient (Wildman–Crippen LogP) is 2.99. The van der Waals surface area contributed by atoms with Crippen LogP contribution in [0.1, 0.15) is 23.2 Å². The third-order valence-electron chi connectivity index (χ3n) is 5.40. The molecule has 0 aliphatic carbocycles. The van der Waals surface area contributed by atoms with Gasteiger partial charge in [0.2, 0.25) is 5.91 Å². The highest BCUT2D eigenvalue weighted by atomic mass is 16.5. The second-order valence-electron chi connectivity index (χ2n) is 7.37. The molecule has 1 aliphatic heterocycles. The van der Waals surface area contributed by atoms with Gasteiger partial charge in [-0.3, -0.25) is 9.59 Å². The third-order valence-corrected chi connectivity index (χ3v) is 5.40. The van der Waals surface area contributed by atoms with Crippen molar-refractivity contribution in [2.24, 2.45) is 0 Å². The van der Waals surface area contributed by atoms with E-state index in [4.69, 9.17) is 4.74 Å². The third kappa shape index (κ3) is 4.12. The first-order valence-corrected chi connectivity index (χ1v) is 10.2. The fourth-order valence-corrected chi connectivity index (χ4v) is 3.85. The Morgan fingerprint density at radius 2 is 1.52 bits per heavy atom. The number of hydrogen-bond acceptors (Lipinski definition) is 5. The SMILES string of the molecule is COC(=O)c1c(-c2ccccc2)c(-c2ccccc2)nn(CC(=O)N2CCCC2)c1=O. The van der Waals surface area contributed by atoms with Crippen molar-refractivity contribution < 1.29 is 14.3 Å². The molecule has 2 heterocycles. The number of rotatable bonds is 5. The normalized spacial score (nSPS) is 13.3. The first kappa shape index (κ1) is 20.5. The standard InChI is InChI=1S/C24H23N3O4/c1-31-24(30)21-20(17-10-4-2-5-11-17)22(18-12-6-3-7-13-18)25-27(23(21)29)16-19(28)26-14-8-9-15-26/h2-7,10-13H,8-9,14-16H2,1H3. The molecule has 0 atom stereocenters. The zero-order chi connectivity index (χ0) is 21.8. The molecular formula is C24H23N3O4. The van der Waals surface area contributed by atoms with Gasteiger partial charge in [0.05, 0.1) is 12.8 Å². The van der Waals surface area contributed by atoms with Gasteiger partial charge in [-0.05, 0) is 18.4 Å². The first-order valence-electron chi connectivity index (χ1n) is 10.2. The molecule has 2 aromatic carbocycles. The van der Waals surface area contributed by atoms with Crippen LogP contribution in [0.5, 0.6) is 0 Å². The van der Waals surface area contributed by atoms with Crippen LogP contribution in [0.15, 0.2) is 65.5 Å². The quantitative estimate of drug-likeness (QED) is 0.596. The van der Waals surface area contributed by atoms with Crippen LogP contribution >= 0.6 is 0 Å². The fourth-order valence-electron chi connectivity index (χ4n) is 3.85. The number of likely N-dealkylation sites (tertiary alicyclic amines) is 1. The minimum Gasteiger partial charge on any atom is -0.465 e. The summed E-state index contributed by atoms with van der Waals surface area (Å²) in [5.41, 5.74) is 1.47. The highest BCUT2D eigenvalue weighted by Gasteiger charge is 2.27. The Balaban J connectivity index is 1.95. The first-order chi connectivity index (χ1) is 15.1. The molecule has 0 radical (unpaired) electrons. The van der Waals surface area contributed by atoms with Crippen molar-refractivity contribution in [2.75, 3.05) is 20.2 Å². The molecule has 1 fully saturated rings. The van der Waals surface area contributed by atoms with Crippen molar-refractivity contribution in [1.82, 2.24) is 14.7 Å². The molecule has 31 heavy (non-hydrogen) atoms. The van der Waals surface area contributed by atoms with Crippen LogP contribution in [0.2, 0.25) is 0 Å². The summed E-state index contributed by atoms with van der Waals surface area (Å²) in [7, 11) is 1.24. The number of methoxy groups -OCH3 is 1. The van der Waals surface area contributed by atoms with Crippen molar-refractivity contribution in [3.63, 3.8) is 0 Å². The highest BCUT2D eigenvalue weighted by Crippen LogP contribution is 2.32. The van der Waals surface area contributed by atoms with Crippen molar-refractivity contribution in [2.45, 2.75) is 19.4 Å². The number of carbonyl (C=O) groups is 2. The van der Waals surface area contributed by atoms with Gasteiger partial charge in [-0.25, -0.2) is 9.48 Å². The molecule has 0 N–H and O–H groups in total. The van der Waals surface area contributed by atoms with Crippen LogP contribution in [-0.4, -0.2) is 46.8 Å². The molecule has 7 nitrogen and oxygen atoms in total. The Morgan fingerprint density at radius 3 is 2.10 bits per heavy atom. The van der Waals surface area contributed by atoms with Crippen molar-refractivity contribution >= 4 is 11.9 Å². The van der Waals surface area contributed by atoms with E-state index in [1.54, 1.807) is 4.90 Å². The van der Waals surface area contributed by atoms with Crippen molar-refractivity contribution in [3.8, 4) is 22.4 Å². The lowest BCUT2D eigenvalue weighted by Crippen LogP contribution is -2.38. The van der Waals surface area contributed by atoms with Crippen LogP contribution in [-0.2, 0) is 16.1 Å². The summed E-state index contributed by atoms with van der Waals surface area (Å²) in [5.74, 6) is -0.944. The van der Waals surface area contributed by atoms with Gasteiger partial charge >= 0.3 is 5.97 Å². The second kappa shape index (κ2) is 8.95. The molecule has 0 saturated carbocycles. The summed E-state index contributed by atoms with van der Waals surface area (Å²) < 4.78 is 6.04. The van der Waals surface area contributed by atoms with Crippen LogP contribution in [0.25, 0.3) is 22.4 Å². The van der Waals surface area contributed by atoms with E-state index < -0.39 is 11.5 Å². The molecule has 3 aromatic rings. The number of hydrogen-bond donors (Lipinski definition) is 0. The van der Waals surface area contributed by atoms with Crippen LogP contribution < -0.4 is 5.56 Å². The molecule has 0 bridgehead atoms. The van der Waals surface area contributed by atoms with E-state index in [9.17, 15) is 14.4 Å². The topological polar surface area (TPSA) is 81.5 Å².